The van der Waals surface area contributed by atoms with Gasteiger partial charge in [-0.15, -0.1) is 0 Å². The lowest BCUT2D eigenvalue weighted by Gasteiger charge is -2.40. The first-order valence-corrected chi connectivity index (χ1v) is 8.45. The SMILES string of the molecule is CCC1(CO)CCN(Cc2nc3ccc(Cl)cc3c(=O)[nH]2)CC1. The van der Waals surface area contributed by atoms with E-state index in [-0.39, 0.29) is 17.6 Å². The van der Waals surface area contributed by atoms with Gasteiger partial charge in [-0.25, -0.2) is 4.98 Å². The lowest BCUT2D eigenvalue weighted by molar-refractivity contribution is 0.0374. The molecule has 6 heteroatoms. The van der Waals surface area contributed by atoms with Crippen LogP contribution in [0.15, 0.2) is 23.0 Å². The van der Waals surface area contributed by atoms with Gasteiger partial charge in [-0.3, -0.25) is 9.69 Å². The van der Waals surface area contributed by atoms with Crippen molar-refractivity contribution in [3.8, 4) is 0 Å². The Hall–Kier alpha value is -1.43. The van der Waals surface area contributed by atoms with Gasteiger partial charge in [0.1, 0.15) is 5.82 Å². The summed E-state index contributed by atoms with van der Waals surface area (Å²) in [6.07, 6.45) is 2.96. The molecule has 2 N–H and O–H groups in total. The number of aliphatic hydroxyl groups is 1. The predicted octanol–water partition coefficient (Wildman–Crippen LogP) is 2.56. The number of aromatic amines is 1. The molecular weight excluding hydrogens is 314 g/mol. The molecule has 2 heterocycles. The van der Waals surface area contributed by atoms with Gasteiger partial charge in [-0.2, -0.15) is 0 Å². The highest BCUT2D eigenvalue weighted by molar-refractivity contribution is 6.31. The number of nitrogens with one attached hydrogen (secondary N) is 1. The van der Waals surface area contributed by atoms with Crippen LogP contribution in [0.2, 0.25) is 5.02 Å². The molecule has 1 aromatic heterocycles. The maximum Gasteiger partial charge on any atom is 0.258 e. The van der Waals surface area contributed by atoms with Crippen molar-refractivity contribution >= 4 is 22.5 Å². The van der Waals surface area contributed by atoms with E-state index in [1.807, 2.05) is 0 Å². The molecule has 1 aromatic carbocycles. The van der Waals surface area contributed by atoms with Crippen molar-refractivity contribution < 1.29 is 5.11 Å². The van der Waals surface area contributed by atoms with Gasteiger partial charge in [-0.1, -0.05) is 18.5 Å². The third-order valence-corrected chi connectivity index (χ3v) is 5.33. The lowest BCUT2D eigenvalue weighted by atomic mass is 9.77. The molecule has 0 unspecified atom stereocenters. The first-order valence-electron chi connectivity index (χ1n) is 8.07. The Morgan fingerprint density at radius 3 is 2.78 bits per heavy atom. The maximum atomic E-state index is 12.2. The molecule has 0 aliphatic carbocycles. The minimum atomic E-state index is -0.150. The number of piperidine rings is 1. The monoisotopic (exact) mass is 335 g/mol. The normalized spacial score (nSPS) is 18.4. The quantitative estimate of drug-likeness (QED) is 0.901. The van der Waals surface area contributed by atoms with E-state index in [1.165, 1.54) is 0 Å². The molecule has 0 amide bonds. The molecule has 2 aromatic rings. The molecule has 0 bridgehead atoms. The summed E-state index contributed by atoms with van der Waals surface area (Å²) >= 11 is 5.93. The Morgan fingerprint density at radius 1 is 1.39 bits per heavy atom. The van der Waals surface area contributed by atoms with E-state index in [2.05, 4.69) is 21.8 Å². The number of likely N-dealkylation sites (tertiary alicyclic amines) is 1. The minimum absolute atomic E-state index is 0.0669. The van der Waals surface area contributed by atoms with Crippen LogP contribution in [0, 0.1) is 5.41 Å². The van der Waals surface area contributed by atoms with Crippen molar-refractivity contribution in [1.29, 1.82) is 0 Å². The van der Waals surface area contributed by atoms with E-state index in [0.717, 1.165) is 32.4 Å². The summed E-state index contributed by atoms with van der Waals surface area (Å²) in [6, 6.07) is 5.17. The van der Waals surface area contributed by atoms with Crippen LogP contribution in [0.4, 0.5) is 0 Å². The standard InChI is InChI=1S/C17H22ClN3O2/c1-2-17(11-22)5-7-21(8-6-17)10-15-19-14-4-3-12(18)9-13(14)16(23)20-15/h3-4,9,22H,2,5-8,10-11H2,1H3,(H,19,20,23). The summed E-state index contributed by atoms with van der Waals surface area (Å²) in [5.74, 6) is 0.679. The molecule has 1 aliphatic heterocycles. The van der Waals surface area contributed by atoms with Crippen LogP contribution in [-0.2, 0) is 6.54 Å². The number of hydrogen-bond acceptors (Lipinski definition) is 4. The van der Waals surface area contributed by atoms with Gasteiger partial charge in [0.05, 0.1) is 17.4 Å². The van der Waals surface area contributed by atoms with Crippen molar-refractivity contribution in [2.75, 3.05) is 19.7 Å². The first-order chi connectivity index (χ1) is 11.0. The van der Waals surface area contributed by atoms with Crippen molar-refractivity contribution in [3.63, 3.8) is 0 Å². The van der Waals surface area contributed by atoms with Crippen LogP contribution in [0.1, 0.15) is 32.0 Å². The number of hydrogen-bond donors (Lipinski definition) is 2. The van der Waals surface area contributed by atoms with Crippen LogP contribution in [0.3, 0.4) is 0 Å². The molecular formula is C17H22ClN3O2. The van der Waals surface area contributed by atoms with Crippen LogP contribution >= 0.6 is 11.6 Å². The maximum absolute atomic E-state index is 12.2. The molecule has 3 rings (SSSR count). The molecule has 1 saturated heterocycles. The van der Waals surface area contributed by atoms with E-state index in [4.69, 9.17) is 11.6 Å². The number of rotatable bonds is 4. The zero-order valence-electron chi connectivity index (χ0n) is 13.3. The average molecular weight is 336 g/mol. The highest BCUT2D eigenvalue weighted by atomic mass is 35.5. The zero-order chi connectivity index (χ0) is 16.4. The molecule has 5 nitrogen and oxygen atoms in total. The number of benzene rings is 1. The van der Waals surface area contributed by atoms with Crippen LogP contribution in [-0.4, -0.2) is 39.7 Å². The Kier molecular flexibility index (Phi) is 4.71. The van der Waals surface area contributed by atoms with Crippen molar-refractivity contribution in [2.24, 2.45) is 5.41 Å². The average Bonchev–Trinajstić information content (AvgIpc) is 2.57. The predicted molar refractivity (Wildman–Crippen MR) is 91.7 cm³/mol. The number of aromatic nitrogens is 2. The molecule has 0 radical (unpaired) electrons. The van der Waals surface area contributed by atoms with Gasteiger partial charge in [0.2, 0.25) is 0 Å². The fraction of sp³-hybridized carbons (Fsp3) is 0.529. The largest absolute Gasteiger partial charge is 0.396 e. The highest BCUT2D eigenvalue weighted by Crippen LogP contribution is 2.34. The smallest absolute Gasteiger partial charge is 0.258 e. The second-order valence-electron chi connectivity index (χ2n) is 6.46. The van der Waals surface area contributed by atoms with E-state index in [0.29, 0.717) is 28.3 Å². The minimum Gasteiger partial charge on any atom is -0.396 e. The number of H-pyrrole nitrogens is 1. The van der Waals surface area contributed by atoms with Crippen molar-refractivity contribution in [2.45, 2.75) is 32.7 Å². The Balaban J connectivity index is 1.76. The lowest BCUT2D eigenvalue weighted by Crippen LogP contribution is -2.41. The van der Waals surface area contributed by atoms with Crippen LogP contribution < -0.4 is 5.56 Å². The zero-order valence-corrected chi connectivity index (χ0v) is 14.1. The molecule has 23 heavy (non-hydrogen) atoms. The number of fused-ring (bicyclic) bond motifs is 1. The highest BCUT2D eigenvalue weighted by Gasteiger charge is 2.32. The van der Waals surface area contributed by atoms with Crippen LogP contribution in [0.25, 0.3) is 10.9 Å². The van der Waals surface area contributed by atoms with Gasteiger partial charge in [-0.05, 0) is 56.0 Å². The number of nitrogens with zero attached hydrogens (tertiary/aromatic N) is 2. The third kappa shape index (κ3) is 3.42. The van der Waals surface area contributed by atoms with E-state index in [1.54, 1.807) is 18.2 Å². The Morgan fingerprint density at radius 2 is 2.13 bits per heavy atom. The molecule has 1 aliphatic rings. The van der Waals surface area contributed by atoms with Crippen molar-refractivity contribution in [1.82, 2.24) is 14.9 Å². The molecule has 124 valence electrons. The summed E-state index contributed by atoms with van der Waals surface area (Å²) in [6.45, 7) is 4.84. The molecule has 0 atom stereocenters. The fourth-order valence-electron chi connectivity index (χ4n) is 3.26. The summed E-state index contributed by atoms with van der Waals surface area (Å²) in [5.41, 5.74) is 0.587. The summed E-state index contributed by atoms with van der Waals surface area (Å²) in [4.78, 5) is 21.9. The van der Waals surface area contributed by atoms with Gasteiger partial charge in [0.15, 0.2) is 0 Å². The Bertz CT molecular complexity index is 745. The molecule has 1 fully saturated rings. The second kappa shape index (κ2) is 6.59. The van der Waals surface area contributed by atoms with Gasteiger partial charge in [0.25, 0.3) is 5.56 Å². The number of aliphatic hydroxyl groups excluding tert-OH is 1. The second-order valence-corrected chi connectivity index (χ2v) is 6.90. The third-order valence-electron chi connectivity index (χ3n) is 5.09. The van der Waals surface area contributed by atoms with Gasteiger partial charge in [0, 0.05) is 11.6 Å². The first kappa shape index (κ1) is 16.4. The van der Waals surface area contributed by atoms with Crippen LogP contribution in [0.5, 0.6) is 0 Å². The molecule has 0 saturated carbocycles. The van der Waals surface area contributed by atoms with E-state index in [9.17, 15) is 9.90 Å². The topological polar surface area (TPSA) is 69.2 Å². The Labute approximate surface area is 140 Å². The van der Waals surface area contributed by atoms with Gasteiger partial charge < -0.3 is 10.1 Å². The summed E-state index contributed by atoms with van der Waals surface area (Å²) in [5, 5.41) is 10.7. The summed E-state index contributed by atoms with van der Waals surface area (Å²) in [7, 11) is 0. The fourth-order valence-corrected chi connectivity index (χ4v) is 3.43. The number of halogens is 1. The van der Waals surface area contributed by atoms with E-state index < -0.39 is 0 Å². The van der Waals surface area contributed by atoms with Gasteiger partial charge >= 0.3 is 0 Å². The van der Waals surface area contributed by atoms with E-state index >= 15 is 0 Å². The molecule has 0 spiro atoms. The van der Waals surface area contributed by atoms with Crippen molar-refractivity contribution in [3.05, 3.63) is 39.4 Å². The summed E-state index contributed by atoms with van der Waals surface area (Å²) < 4.78 is 0.